The third-order valence-electron chi connectivity index (χ3n) is 9.69. The first kappa shape index (κ1) is 31.0. The van der Waals surface area contributed by atoms with Gasteiger partial charge in [-0.2, -0.15) is 5.26 Å². The van der Waals surface area contributed by atoms with E-state index in [0.717, 1.165) is 82.6 Å². The summed E-state index contributed by atoms with van der Waals surface area (Å²) in [5, 5.41) is 13.5. The molecule has 0 atom stereocenters. The van der Waals surface area contributed by atoms with Gasteiger partial charge in [-0.05, 0) is 95.1 Å². The number of rotatable bonds is 5. The normalized spacial score (nSPS) is 11.3. The number of nitrogens with zero attached hydrogens (tertiary/aromatic N) is 8. The standard InChI is InChI=1S/C46H26N8/c47-27-28-15-17-29(18-16-28)44-52-45(34-9-1-7-30(23-34)38-25-32-11-3-19-48-40(32)42-36(38)13-5-21-50-42)54-46(53-44)35-10-2-8-31(24-35)39-26-33-12-4-20-49-41(33)43-37(39)14-6-22-51-43/h1-26H. The number of nitriles is 1. The molecule has 250 valence electrons. The molecule has 10 rings (SSSR count). The van der Waals surface area contributed by atoms with Crippen molar-refractivity contribution in [2.75, 3.05) is 0 Å². The van der Waals surface area contributed by atoms with Gasteiger partial charge in [-0.15, -0.1) is 0 Å². The van der Waals surface area contributed by atoms with Gasteiger partial charge in [0, 0.05) is 63.0 Å². The van der Waals surface area contributed by atoms with Crippen LogP contribution in [0.1, 0.15) is 5.56 Å². The maximum atomic E-state index is 9.47. The highest BCUT2D eigenvalue weighted by Gasteiger charge is 2.17. The van der Waals surface area contributed by atoms with Crippen molar-refractivity contribution in [1.29, 1.82) is 5.26 Å². The Morgan fingerprint density at radius 3 is 1.28 bits per heavy atom. The van der Waals surface area contributed by atoms with E-state index in [1.165, 1.54) is 0 Å². The van der Waals surface area contributed by atoms with Crippen LogP contribution in [0.3, 0.4) is 0 Å². The van der Waals surface area contributed by atoms with Gasteiger partial charge in [-0.3, -0.25) is 19.9 Å². The maximum Gasteiger partial charge on any atom is 0.164 e. The van der Waals surface area contributed by atoms with Crippen LogP contribution >= 0.6 is 0 Å². The van der Waals surface area contributed by atoms with Gasteiger partial charge in [0.15, 0.2) is 17.5 Å². The summed E-state index contributed by atoms with van der Waals surface area (Å²) in [4.78, 5) is 33.8. The van der Waals surface area contributed by atoms with E-state index in [0.29, 0.717) is 23.0 Å². The average Bonchev–Trinajstić information content (AvgIpc) is 3.26. The molecular weight excluding hydrogens is 665 g/mol. The zero-order chi connectivity index (χ0) is 36.0. The fourth-order valence-corrected chi connectivity index (χ4v) is 7.14. The second kappa shape index (κ2) is 12.8. The van der Waals surface area contributed by atoms with E-state index < -0.39 is 0 Å². The van der Waals surface area contributed by atoms with E-state index >= 15 is 0 Å². The Hall–Kier alpha value is -7.76. The second-order valence-electron chi connectivity index (χ2n) is 13.0. The lowest BCUT2D eigenvalue weighted by atomic mass is 9.96. The molecule has 0 aliphatic heterocycles. The van der Waals surface area contributed by atoms with Gasteiger partial charge >= 0.3 is 0 Å². The molecule has 54 heavy (non-hydrogen) atoms. The van der Waals surface area contributed by atoms with Crippen molar-refractivity contribution in [3.63, 3.8) is 0 Å². The molecule has 0 bridgehead atoms. The van der Waals surface area contributed by atoms with Crippen molar-refractivity contribution in [2.45, 2.75) is 0 Å². The molecule has 5 aromatic carbocycles. The summed E-state index contributed by atoms with van der Waals surface area (Å²) in [6.07, 6.45) is 7.21. The molecule has 0 saturated carbocycles. The van der Waals surface area contributed by atoms with Crippen molar-refractivity contribution >= 4 is 43.6 Å². The summed E-state index contributed by atoms with van der Waals surface area (Å²) >= 11 is 0. The lowest BCUT2D eigenvalue weighted by molar-refractivity contribution is 1.07. The molecule has 0 fully saturated rings. The van der Waals surface area contributed by atoms with E-state index in [2.05, 4.69) is 76.7 Å². The average molecular weight is 691 g/mol. The van der Waals surface area contributed by atoms with Crippen molar-refractivity contribution in [1.82, 2.24) is 34.9 Å². The van der Waals surface area contributed by atoms with Crippen molar-refractivity contribution in [3.05, 3.63) is 164 Å². The summed E-state index contributed by atoms with van der Waals surface area (Å²) in [5.74, 6) is 1.57. The number of hydrogen-bond donors (Lipinski definition) is 0. The lowest BCUT2D eigenvalue weighted by Gasteiger charge is -2.13. The Morgan fingerprint density at radius 1 is 0.370 bits per heavy atom. The van der Waals surface area contributed by atoms with E-state index in [9.17, 15) is 5.26 Å². The minimum atomic E-state index is 0.508. The van der Waals surface area contributed by atoms with E-state index in [4.69, 9.17) is 24.9 Å². The highest BCUT2D eigenvalue weighted by Crippen LogP contribution is 2.37. The maximum absolute atomic E-state index is 9.47. The fourth-order valence-electron chi connectivity index (χ4n) is 7.14. The van der Waals surface area contributed by atoms with E-state index in [1.54, 1.807) is 36.9 Å². The van der Waals surface area contributed by atoms with Gasteiger partial charge in [0.1, 0.15) is 0 Å². The Balaban J connectivity index is 1.14. The topological polar surface area (TPSA) is 114 Å². The van der Waals surface area contributed by atoms with Crippen LogP contribution in [-0.4, -0.2) is 34.9 Å². The summed E-state index contributed by atoms with van der Waals surface area (Å²) < 4.78 is 0. The van der Waals surface area contributed by atoms with E-state index in [-0.39, 0.29) is 0 Å². The van der Waals surface area contributed by atoms with Gasteiger partial charge in [-0.1, -0.05) is 60.7 Å². The highest BCUT2D eigenvalue weighted by molar-refractivity contribution is 6.11. The van der Waals surface area contributed by atoms with Crippen molar-refractivity contribution in [3.8, 4) is 62.5 Å². The molecule has 5 aromatic heterocycles. The number of aromatic nitrogens is 7. The largest absolute Gasteiger partial charge is 0.254 e. The Bertz CT molecular complexity index is 2950. The number of pyridine rings is 4. The van der Waals surface area contributed by atoms with Crippen LogP contribution in [0.2, 0.25) is 0 Å². The van der Waals surface area contributed by atoms with Crippen LogP contribution in [-0.2, 0) is 0 Å². The molecule has 0 unspecified atom stereocenters. The zero-order valence-corrected chi connectivity index (χ0v) is 28.6. The molecule has 5 heterocycles. The molecule has 0 amide bonds. The molecule has 0 saturated heterocycles. The van der Waals surface area contributed by atoms with Crippen molar-refractivity contribution < 1.29 is 0 Å². The van der Waals surface area contributed by atoms with Gasteiger partial charge in [0.25, 0.3) is 0 Å². The highest BCUT2D eigenvalue weighted by atomic mass is 15.0. The van der Waals surface area contributed by atoms with Crippen LogP contribution in [0.4, 0.5) is 0 Å². The molecule has 8 heteroatoms. The zero-order valence-electron chi connectivity index (χ0n) is 28.6. The third-order valence-corrected chi connectivity index (χ3v) is 9.69. The molecule has 0 aliphatic rings. The smallest absolute Gasteiger partial charge is 0.164 e. The summed E-state index contributed by atoms with van der Waals surface area (Å²) in [7, 11) is 0. The number of hydrogen-bond acceptors (Lipinski definition) is 8. The third kappa shape index (κ3) is 5.36. The predicted molar refractivity (Wildman–Crippen MR) is 213 cm³/mol. The number of fused-ring (bicyclic) bond motifs is 6. The monoisotopic (exact) mass is 690 g/mol. The van der Waals surface area contributed by atoms with Crippen molar-refractivity contribution in [2.24, 2.45) is 0 Å². The molecule has 0 radical (unpaired) electrons. The molecular formula is C46H26N8. The Kier molecular flexibility index (Phi) is 7.34. The van der Waals surface area contributed by atoms with E-state index in [1.807, 2.05) is 60.7 Å². The Morgan fingerprint density at radius 2 is 0.796 bits per heavy atom. The first-order chi connectivity index (χ1) is 26.7. The molecule has 0 aliphatic carbocycles. The Labute approximate surface area is 309 Å². The first-order valence-electron chi connectivity index (χ1n) is 17.4. The summed E-state index contributed by atoms with van der Waals surface area (Å²) in [6, 6.07) is 46.4. The molecule has 10 aromatic rings. The lowest BCUT2D eigenvalue weighted by Crippen LogP contribution is -2.00. The molecule has 0 spiro atoms. The quantitative estimate of drug-likeness (QED) is 0.164. The second-order valence-corrected chi connectivity index (χ2v) is 13.0. The summed E-state index contributed by atoms with van der Waals surface area (Å²) in [6.45, 7) is 0. The van der Waals surface area contributed by atoms with Gasteiger partial charge in [0.2, 0.25) is 0 Å². The van der Waals surface area contributed by atoms with Crippen LogP contribution in [0.25, 0.3) is 100 Å². The SMILES string of the molecule is N#Cc1ccc(-c2nc(-c3cccc(-c4cc5cccnc5c5ncccc45)c3)nc(-c3cccc(-c4cc5cccnc5c5ncccc45)c3)n2)cc1. The molecule has 8 nitrogen and oxygen atoms in total. The minimum Gasteiger partial charge on any atom is -0.254 e. The van der Waals surface area contributed by atoms with Crippen LogP contribution in [0.15, 0.2) is 158 Å². The minimum absolute atomic E-state index is 0.508. The van der Waals surface area contributed by atoms with Crippen LogP contribution in [0.5, 0.6) is 0 Å². The van der Waals surface area contributed by atoms with Gasteiger partial charge in [0.05, 0.1) is 33.7 Å². The van der Waals surface area contributed by atoms with Crippen LogP contribution < -0.4 is 0 Å². The number of benzene rings is 5. The molecule has 0 N–H and O–H groups in total. The fraction of sp³-hybridized carbons (Fsp3) is 0. The first-order valence-corrected chi connectivity index (χ1v) is 17.4. The predicted octanol–water partition coefficient (Wildman–Crippen LogP) is 10.3. The van der Waals surface area contributed by atoms with Crippen LogP contribution in [0, 0.1) is 11.3 Å². The van der Waals surface area contributed by atoms with Gasteiger partial charge < -0.3 is 0 Å². The van der Waals surface area contributed by atoms with Gasteiger partial charge in [-0.25, -0.2) is 15.0 Å². The summed E-state index contributed by atoms with van der Waals surface area (Å²) in [5.41, 5.74) is 10.6.